The van der Waals surface area contributed by atoms with Gasteiger partial charge in [-0.2, -0.15) is 0 Å². The molecular weight excluding hydrogens is 422 g/mol. The van der Waals surface area contributed by atoms with Gasteiger partial charge in [0.15, 0.2) is 5.76 Å². The van der Waals surface area contributed by atoms with E-state index in [1.54, 1.807) is 18.2 Å². The fourth-order valence-electron chi connectivity index (χ4n) is 4.46. The van der Waals surface area contributed by atoms with Crippen molar-refractivity contribution in [1.29, 1.82) is 0 Å². The zero-order valence-corrected chi connectivity index (χ0v) is 17.7. The van der Waals surface area contributed by atoms with Crippen molar-refractivity contribution in [2.75, 3.05) is 0 Å². The molecule has 1 fully saturated rings. The van der Waals surface area contributed by atoms with Crippen LogP contribution in [-0.4, -0.2) is 34.6 Å². The van der Waals surface area contributed by atoms with Gasteiger partial charge in [0.1, 0.15) is 11.8 Å². The molecule has 0 saturated carbocycles. The fourth-order valence-corrected chi connectivity index (χ4v) is 4.46. The van der Waals surface area contributed by atoms with Crippen molar-refractivity contribution >= 4 is 29.7 Å². The van der Waals surface area contributed by atoms with Gasteiger partial charge in [-0.25, -0.2) is 0 Å². The lowest BCUT2D eigenvalue weighted by Gasteiger charge is -2.29. The van der Waals surface area contributed by atoms with E-state index in [0.29, 0.717) is 24.2 Å². The number of terminal acetylenes is 1. The molecule has 1 aromatic heterocycles. The van der Waals surface area contributed by atoms with Crippen LogP contribution in [0.25, 0.3) is 6.08 Å². The first-order valence-electron chi connectivity index (χ1n) is 10.7. The lowest BCUT2D eigenvalue weighted by molar-refractivity contribution is -0.136. The molecule has 33 heavy (non-hydrogen) atoms. The summed E-state index contributed by atoms with van der Waals surface area (Å²) in [4.78, 5) is 50.5. The van der Waals surface area contributed by atoms with Crippen LogP contribution >= 0.6 is 0 Å². The molecule has 2 N–H and O–H groups in total. The van der Waals surface area contributed by atoms with Crippen molar-refractivity contribution < 1.29 is 23.6 Å². The molecule has 2 unspecified atom stereocenters. The van der Waals surface area contributed by atoms with Gasteiger partial charge in [0, 0.05) is 43.0 Å². The number of carbonyl (C=O) groups excluding carboxylic acids is 4. The predicted octanol–water partition coefficient (Wildman–Crippen LogP) is 1.79. The molecule has 4 amide bonds. The summed E-state index contributed by atoms with van der Waals surface area (Å²) in [6.45, 7) is 0.544. The van der Waals surface area contributed by atoms with Crippen LogP contribution in [-0.2, 0) is 29.1 Å². The Bertz CT molecular complexity index is 1270. The summed E-state index contributed by atoms with van der Waals surface area (Å²) in [7, 11) is 0. The number of imide groups is 1. The molecule has 0 bridgehead atoms. The van der Waals surface area contributed by atoms with E-state index in [-0.39, 0.29) is 48.9 Å². The van der Waals surface area contributed by atoms with Gasteiger partial charge in [-0.3, -0.25) is 24.5 Å². The van der Waals surface area contributed by atoms with Crippen LogP contribution in [0.4, 0.5) is 0 Å². The number of piperidine rings is 1. The number of nitrogens with one attached hydrogen (secondary N) is 2. The highest BCUT2D eigenvalue weighted by Gasteiger charge is 2.39. The summed E-state index contributed by atoms with van der Waals surface area (Å²) >= 11 is 0. The summed E-state index contributed by atoms with van der Waals surface area (Å²) < 4.78 is 5.70. The fraction of sp³-hybridized carbons (Fsp3) is 0.280. The van der Waals surface area contributed by atoms with E-state index < -0.39 is 11.9 Å². The minimum atomic E-state index is -0.654. The maximum atomic E-state index is 12.8. The topological polar surface area (TPSA) is 109 Å². The molecule has 2 aromatic rings. The Balaban J connectivity index is 1.24. The van der Waals surface area contributed by atoms with Crippen LogP contribution in [0, 0.1) is 18.3 Å². The van der Waals surface area contributed by atoms with Crippen LogP contribution in [0.1, 0.15) is 56.2 Å². The minimum absolute atomic E-state index is 0.0339. The van der Waals surface area contributed by atoms with Gasteiger partial charge in [-0.15, -0.1) is 6.42 Å². The maximum absolute atomic E-state index is 12.8. The van der Waals surface area contributed by atoms with Gasteiger partial charge in [-0.05, 0) is 29.7 Å². The monoisotopic (exact) mass is 443 g/mol. The number of allylic oxidation sites excluding steroid dienone is 1. The van der Waals surface area contributed by atoms with E-state index in [9.17, 15) is 19.2 Å². The van der Waals surface area contributed by atoms with E-state index in [1.807, 2.05) is 18.2 Å². The summed E-state index contributed by atoms with van der Waals surface area (Å²) in [6, 6.07) is 6.39. The molecule has 8 nitrogen and oxygen atoms in total. The lowest BCUT2D eigenvalue weighted by Crippen LogP contribution is -2.52. The van der Waals surface area contributed by atoms with Crippen molar-refractivity contribution in [2.24, 2.45) is 5.92 Å². The highest BCUT2D eigenvalue weighted by molar-refractivity contribution is 6.05. The van der Waals surface area contributed by atoms with Crippen molar-refractivity contribution in [3.05, 3.63) is 64.1 Å². The SMILES string of the molecule is C#CC1C=Cc2cc(C(=O)NCc3ccc4c(c3)CN(C3CCC(=O)NC3=O)C4=O)oc2C1. The molecule has 3 heterocycles. The molecular formula is C25H21N3O5. The zero-order chi connectivity index (χ0) is 23.1. The standard InChI is InChI=1S/C25H21N3O5/c1-2-14-3-5-16-11-21(33-20(16)10-14)24(31)26-12-15-4-6-18-17(9-15)13-28(25(18)32)19-7-8-22(29)27-23(19)30/h1,3-6,9,11,14,19H,7-8,10,12-13H2,(H,26,31)(H,27,29,30). The van der Waals surface area contributed by atoms with E-state index in [2.05, 4.69) is 16.6 Å². The largest absolute Gasteiger partial charge is 0.455 e. The van der Waals surface area contributed by atoms with Crippen LogP contribution in [0.15, 0.2) is 34.8 Å². The first kappa shape index (κ1) is 20.8. The molecule has 0 radical (unpaired) electrons. The summed E-state index contributed by atoms with van der Waals surface area (Å²) in [5.74, 6) is 2.24. The molecule has 1 aliphatic carbocycles. The van der Waals surface area contributed by atoms with Crippen molar-refractivity contribution in [3.8, 4) is 12.3 Å². The number of hydrogen-bond acceptors (Lipinski definition) is 5. The predicted molar refractivity (Wildman–Crippen MR) is 117 cm³/mol. The number of furan rings is 1. The molecule has 1 saturated heterocycles. The van der Waals surface area contributed by atoms with E-state index in [0.717, 1.165) is 16.7 Å². The van der Waals surface area contributed by atoms with Crippen molar-refractivity contribution in [3.63, 3.8) is 0 Å². The smallest absolute Gasteiger partial charge is 0.287 e. The van der Waals surface area contributed by atoms with Crippen molar-refractivity contribution in [2.45, 2.75) is 38.4 Å². The van der Waals surface area contributed by atoms with Crippen LogP contribution in [0.5, 0.6) is 0 Å². The summed E-state index contributed by atoms with van der Waals surface area (Å²) in [6.07, 6.45) is 10.4. The van der Waals surface area contributed by atoms with Gasteiger partial charge in [0.25, 0.3) is 11.8 Å². The van der Waals surface area contributed by atoms with Crippen LogP contribution in [0.3, 0.4) is 0 Å². The molecule has 8 heteroatoms. The van der Waals surface area contributed by atoms with Crippen LogP contribution in [0.2, 0.25) is 0 Å². The first-order chi connectivity index (χ1) is 15.9. The first-order valence-corrected chi connectivity index (χ1v) is 10.7. The van der Waals surface area contributed by atoms with E-state index >= 15 is 0 Å². The lowest BCUT2D eigenvalue weighted by atomic mass is 9.96. The Kier molecular flexibility index (Phi) is 5.09. The molecule has 2 atom stereocenters. The number of nitrogens with zero attached hydrogens (tertiary/aromatic N) is 1. The average molecular weight is 443 g/mol. The van der Waals surface area contributed by atoms with Gasteiger partial charge < -0.3 is 14.6 Å². The van der Waals surface area contributed by atoms with Gasteiger partial charge in [-0.1, -0.05) is 30.2 Å². The number of carbonyl (C=O) groups is 4. The normalized spacial score (nSPS) is 21.3. The maximum Gasteiger partial charge on any atom is 0.287 e. The number of benzene rings is 1. The Morgan fingerprint density at radius 1 is 1.27 bits per heavy atom. The van der Waals surface area contributed by atoms with Gasteiger partial charge in [0.2, 0.25) is 11.8 Å². The van der Waals surface area contributed by atoms with Crippen molar-refractivity contribution in [1.82, 2.24) is 15.5 Å². The third kappa shape index (κ3) is 3.82. The highest BCUT2D eigenvalue weighted by atomic mass is 16.4. The third-order valence-electron chi connectivity index (χ3n) is 6.23. The molecule has 1 aromatic carbocycles. The second kappa shape index (κ2) is 8.10. The number of hydrogen-bond donors (Lipinski definition) is 2. The summed E-state index contributed by atoms with van der Waals surface area (Å²) in [5.41, 5.74) is 3.00. The van der Waals surface area contributed by atoms with Gasteiger partial charge >= 0.3 is 0 Å². The number of fused-ring (bicyclic) bond motifs is 2. The second-order valence-corrected chi connectivity index (χ2v) is 8.40. The third-order valence-corrected chi connectivity index (χ3v) is 6.23. The van der Waals surface area contributed by atoms with Gasteiger partial charge in [0.05, 0.1) is 0 Å². The Hall–Kier alpha value is -4.12. The molecule has 2 aliphatic heterocycles. The number of rotatable bonds is 4. The quantitative estimate of drug-likeness (QED) is 0.553. The second-order valence-electron chi connectivity index (χ2n) is 8.40. The Labute approximate surface area is 190 Å². The van der Waals surface area contributed by atoms with Crippen LogP contribution < -0.4 is 10.6 Å². The Morgan fingerprint density at radius 2 is 2.12 bits per heavy atom. The minimum Gasteiger partial charge on any atom is -0.455 e. The number of amides is 4. The molecule has 0 spiro atoms. The molecule has 5 rings (SSSR count). The highest BCUT2D eigenvalue weighted by Crippen LogP contribution is 2.29. The summed E-state index contributed by atoms with van der Waals surface area (Å²) in [5, 5.41) is 5.14. The average Bonchev–Trinajstić information content (AvgIpc) is 3.38. The Morgan fingerprint density at radius 3 is 2.91 bits per heavy atom. The molecule has 3 aliphatic rings. The zero-order valence-electron chi connectivity index (χ0n) is 17.7. The van der Waals surface area contributed by atoms with E-state index in [1.165, 1.54) is 4.90 Å². The molecule has 166 valence electrons. The van der Waals surface area contributed by atoms with E-state index in [4.69, 9.17) is 10.8 Å².